The number of hydrogen-bond acceptors (Lipinski definition) is 2. The van der Waals surface area contributed by atoms with Gasteiger partial charge in [0.1, 0.15) is 0 Å². The van der Waals surface area contributed by atoms with Crippen molar-refractivity contribution >= 4 is 17.3 Å². The molecule has 1 aliphatic rings. The lowest BCUT2D eigenvalue weighted by Gasteiger charge is -2.29. The molecule has 2 N–H and O–H groups in total. The summed E-state index contributed by atoms with van der Waals surface area (Å²) in [6.45, 7) is 8.43. The summed E-state index contributed by atoms with van der Waals surface area (Å²) in [5, 5.41) is 7.23. The number of nitrogens with zero attached hydrogens (tertiary/aromatic N) is 1. The summed E-state index contributed by atoms with van der Waals surface area (Å²) in [4.78, 5) is 2.18. The van der Waals surface area contributed by atoms with Gasteiger partial charge in [-0.05, 0) is 12.2 Å². The first-order valence-corrected chi connectivity index (χ1v) is 4.60. The molecule has 1 aliphatic heterocycles. The van der Waals surface area contributed by atoms with Crippen LogP contribution in [0.3, 0.4) is 0 Å². The van der Waals surface area contributed by atoms with Crippen LogP contribution in [0.5, 0.6) is 0 Å². The highest BCUT2D eigenvalue weighted by molar-refractivity contribution is 7.80. The lowest BCUT2D eigenvalue weighted by atomic mass is 10.4. The molecule has 0 saturated carbocycles. The van der Waals surface area contributed by atoms with Crippen LogP contribution in [-0.4, -0.2) is 42.7 Å². The van der Waals surface area contributed by atoms with Gasteiger partial charge in [-0.1, -0.05) is 6.08 Å². The summed E-state index contributed by atoms with van der Waals surface area (Å²) in [7, 11) is 0. The lowest BCUT2D eigenvalue weighted by molar-refractivity contribution is 0.354. The summed E-state index contributed by atoms with van der Waals surface area (Å²) >= 11 is 5.18. The SMILES string of the molecule is C=CCNC(=S)N1CCNCC1. The van der Waals surface area contributed by atoms with Crippen molar-refractivity contribution in [1.82, 2.24) is 15.5 Å². The van der Waals surface area contributed by atoms with E-state index in [2.05, 4.69) is 22.1 Å². The Kier molecular flexibility index (Phi) is 4.04. The van der Waals surface area contributed by atoms with Gasteiger partial charge in [0.2, 0.25) is 0 Å². The first-order valence-electron chi connectivity index (χ1n) is 4.19. The zero-order valence-corrected chi connectivity index (χ0v) is 7.99. The maximum absolute atomic E-state index is 5.18. The fourth-order valence-corrected chi connectivity index (χ4v) is 1.41. The van der Waals surface area contributed by atoms with Crippen molar-refractivity contribution in [3.8, 4) is 0 Å². The molecule has 68 valence electrons. The fraction of sp³-hybridized carbons (Fsp3) is 0.625. The van der Waals surface area contributed by atoms with E-state index in [4.69, 9.17) is 12.2 Å². The Morgan fingerprint density at radius 3 is 2.83 bits per heavy atom. The fourth-order valence-electron chi connectivity index (χ4n) is 1.14. The Hall–Kier alpha value is -0.610. The molecule has 1 rings (SSSR count). The zero-order valence-electron chi connectivity index (χ0n) is 7.18. The highest BCUT2D eigenvalue weighted by Gasteiger charge is 2.11. The maximum Gasteiger partial charge on any atom is 0.169 e. The molecular formula is C8H15N3S. The molecule has 0 radical (unpaired) electrons. The van der Waals surface area contributed by atoms with Crippen LogP contribution in [-0.2, 0) is 0 Å². The van der Waals surface area contributed by atoms with E-state index in [1.165, 1.54) is 0 Å². The van der Waals surface area contributed by atoms with E-state index >= 15 is 0 Å². The summed E-state index contributed by atoms with van der Waals surface area (Å²) in [6, 6.07) is 0. The minimum Gasteiger partial charge on any atom is -0.359 e. The maximum atomic E-state index is 5.18. The monoisotopic (exact) mass is 185 g/mol. The van der Waals surface area contributed by atoms with E-state index in [9.17, 15) is 0 Å². The van der Waals surface area contributed by atoms with Crippen molar-refractivity contribution in [2.24, 2.45) is 0 Å². The van der Waals surface area contributed by atoms with Crippen LogP contribution in [0.15, 0.2) is 12.7 Å². The second-order valence-electron chi connectivity index (χ2n) is 2.71. The third kappa shape index (κ3) is 2.79. The second-order valence-corrected chi connectivity index (χ2v) is 3.10. The zero-order chi connectivity index (χ0) is 8.81. The first kappa shape index (κ1) is 9.48. The quantitative estimate of drug-likeness (QED) is 0.466. The number of piperazine rings is 1. The number of rotatable bonds is 2. The molecule has 0 unspecified atom stereocenters. The number of hydrogen-bond donors (Lipinski definition) is 2. The minimum absolute atomic E-state index is 0.753. The van der Waals surface area contributed by atoms with Gasteiger partial charge in [-0.15, -0.1) is 6.58 Å². The average Bonchev–Trinajstić information content (AvgIpc) is 2.15. The summed E-state index contributed by atoms with van der Waals surface area (Å²) in [5.41, 5.74) is 0. The van der Waals surface area contributed by atoms with Crippen molar-refractivity contribution in [3.05, 3.63) is 12.7 Å². The highest BCUT2D eigenvalue weighted by Crippen LogP contribution is 1.92. The van der Waals surface area contributed by atoms with Crippen LogP contribution in [0.4, 0.5) is 0 Å². The van der Waals surface area contributed by atoms with Crippen molar-refractivity contribution in [2.75, 3.05) is 32.7 Å². The van der Waals surface area contributed by atoms with Gasteiger partial charge < -0.3 is 15.5 Å². The van der Waals surface area contributed by atoms with Crippen LogP contribution >= 0.6 is 12.2 Å². The number of nitrogens with one attached hydrogen (secondary N) is 2. The van der Waals surface area contributed by atoms with Crippen molar-refractivity contribution in [2.45, 2.75) is 0 Å². The summed E-state index contributed by atoms with van der Waals surface area (Å²) in [6.07, 6.45) is 1.81. The van der Waals surface area contributed by atoms with E-state index < -0.39 is 0 Å². The van der Waals surface area contributed by atoms with Gasteiger partial charge in [0.15, 0.2) is 5.11 Å². The molecule has 0 aliphatic carbocycles. The van der Waals surface area contributed by atoms with Gasteiger partial charge in [-0.3, -0.25) is 0 Å². The van der Waals surface area contributed by atoms with Crippen LogP contribution in [0.1, 0.15) is 0 Å². The molecule has 1 heterocycles. The van der Waals surface area contributed by atoms with E-state index in [1.807, 2.05) is 6.08 Å². The molecule has 0 bridgehead atoms. The molecule has 4 heteroatoms. The third-order valence-electron chi connectivity index (χ3n) is 1.80. The predicted octanol–water partition coefficient (Wildman–Crippen LogP) is -0.0479. The Morgan fingerprint density at radius 2 is 2.25 bits per heavy atom. The van der Waals surface area contributed by atoms with Crippen molar-refractivity contribution in [1.29, 1.82) is 0 Å². The average molecular weight is 185 g/mol. The van der Waals surface area contributed by atoms with Crippen LogP contribution < -0.4 is 10.6 Å². The van der Waals surface area contributed by atoms with E-state index in [1.54, 1.807) is 0 Å². The Labute approximate surface area is 78.8 Å². The summed E-state index contributed by atoms with van der Waals surface area (Å²) < 4.78 is 0. The Bertz CT molecular complexity index is 164. The molecule has 12 heavy (non-hydrogen) atoms. The topological polar surface area (TPSA) is 27.3 Å². The van der Waals surface area contributed by atoms with Gasteiger partial charge in [-0.2, -0.15) is 0 Å². The molecule has 0 aromatic carbocycles. The third-order valence-corrected chi connectivity index (χ3v) is 2.20. The van der Waals surface area contributed by atoms with Crippen LogP contribution in [0, 0.1) is 0 Å². The minimum atomic E-state index is 0.753. The molecule has 1 saturated heterocycles. The Morgan fingerprint density at radius 1 is 1.58 bits per heavy atom. The molecule has 0 amide bonds. The van der Waals surface area contributed by atoms with Crippen LogP contribution in [0.25, 0.3) is 0 Å². The smallest absolute Gasteiger partial charge is 0.169 e. The van der Waals surface area contributed by atoms with E-state index in [0.717, 1.165) is 37.8 Å². The largest absolute Gasteiger partial charge is 0.359 e. The summed E-state index contributed by atoms with van der Waals surface area (Å²) in [5.74, 6) is 0. The van der Waals surface area contributed by atoms with Gasteiger partial charge in [-0.25, -0.2) is 0 Å². The second kappa shape index (κ2) is 5.11. The molecule has 0 aromatic rings. The molecule has 1 fully saturated rings. The van der Waals surface area contributed by atoms with E-state index in [-0.39, 0.29) is 0 Å². The lowest BCUT2D eigenvalue weighted by Crippen LogP contribution is -2.50. The van der Waals surface area contributed by atoms with Gasteiger partial charge >= 0.3 is 0 Å². The molecular weight excluding hydrogens is 170 g/mol. The Balaban J connectivity index is 2.24. The van der Waals surface area contributed by atoms with Crippen molar-refractivity contribution < 1.29 is 0 Å². The molecule has 3 nitrogen and oxygen atoms in total. The molecule has 0 aromatic heterocycles. The molecule has 0 atom stereocenters. The van der Waals surface area contributed by atoms with E-state index in [0.29, 0.717) is 0 Å². The van der Waals surface area contributed by atoms with Gasteiger partial charge in [0.05, 0.1) is 0 Å². The number of thiocarbonyl (C=S) groups is 1. The predicted molar refractivity (Wildman–Crippen MR) is 55.2 cm³/mol. The standard InChI is InChI=1S/C8H15N3S/c1-2-3-10-8(12)11-6-4-9-5-7-11/h2,9H,1,3-7H2,(H,10,12). The molecule has 0 spiro atoms. The first-order chi connectivity index (χ1) is 5.84. The van der Waals surface area contributed by atoms with Crippen molar-refractivity contribution in [3.63, 3.8) is 0 Å². The normalized spacial score (nSPS) is 17.2. The van der Waals surface area contributed by atoms with Gasteiger partial charge in [0.25, 0.3) is 0 Å². The van der Waals surface area contributed by atoms with Crippen LogP contribution in [0.2, 0.25) is 0 Å². The van der Waals surface area contributed by atoms with Gasteiger partial charge in [0, 0.05) is 32.7 Å². The highest BCUT2D eigenvalue weighted by atomic mass is 32.1.